The summed E-state index contributed by atoms with van der Waals surface area (Å²) in [6.45, 7) is 0. The Morgan fingerprint density at radius 3 is 2.19 bits per heavy atom. The molecule has 0 aliphatic rings. The summed E-state index contributed by atoms with van der Waals surface area (Å²) in [6, 6.07) is 24.1. The second-order valence-corrected chi connectivity index (χ2v) is 8.95. The molecule has 0 fully saturated rings. The number of benzene rings is 2. The molecule has 0 unspecified atom stereocenters. The molecule has 0 aliphatic heterocycles. The Balaban J connectivity index is 1.18. The third-order valence-corrected chi connectivity index (χ3v) is 6.67. The fourth-order valence-corrected chi connectivity index (χ4v) is 4.65. The van der Waals surface area contributed by atoms with Crippen LogP contribution < -0.4 is 4.90 Å². The maximum Gasteiger partial charge on any atom is 0.278 e. The van der Waals surface area contributed by atoms with Crippen molar-refractivity contribution in [1.82, 2.24) is 29.3 Å². The van der Waals surface area contributed by atoms with Gasteiger partial charge in [-0.15, -0.1) is 0 Å². The van der Waals surface area contributed by atoms with Crippen LogP contribution in [0.4, 0.5) is 5.69 Å². The van der Waals surface area contributed by atoms with Gasteiger partial charge in [-0.05, 0) is 36.4 Å². The number of aromatic nitrogens is 6. The number of hydrogen-bond donors (Lipinski definition) is 2. The predicted molar refractivity (Wildman–Crippen MR) is 145 cm³/mol. The van der Waals surface area contributed by atoms with Crippen molar-refractivity contribution in [3.8, 4) is 22.8 Å². The minimum absolute atomic E-state index is 0.238. The summed E-state index contributed by atoms with van der Waals surface area (Å²) < 4.78 is 1.88. The molecule has 0 aliphatic carbocycles. The number of nitrogens with one attached hydrogen (secondary N) is 2. The van der Waals surface area contributed by atoms with Gasteiger partial charge in [0.25, 0.3) is 5.91 Å². The van der Waals surface area contributed by atoms with Gasteiger partial charge in [0.05, 0.1) is 47.1 Å². The first-order chi connectivity index (χ1) is 18.1. The monoisotopic (exact) mass is 483 g/mol. The van der Waals surface area contributed by atoms with Gasteiger partial charge in [-0.2, -0.15) is 0 Å². The van der Waals surface area contributed by atoms with Crippen molar-refractivity contribution in [3.05, 3.63) is 103 Å². The predicted octanol–water partition coefficient (Wildman–Crippen LogP) is 5.70. The Hall–Kier alpha value is -5.24. The average Bonchev–Trinajstić information content (AvgIpc) is 3.68. The lowest BCUT2D eigenvalue weighted by atomic mass is 10.2. The largest absolute Gasteiger partial charge is 0.353 e. The fourth-order valence-electron chi connectivity index (χ4n) is 4.65. The van der Waals surface area contributed by atoms with Gasteiger partial charge in [-0.1, -0.05) is 36.4 Å². The molecule has 0 saturated heterocycles. The molecular weight excluding hydrogens is 462 g/mol. The number of aromatic amines is 2. The van der Waals surface area contributed by atoms with Crippen molar-refractivity contribution >= 4 is 39.0 Å². The number of para-hydroxylation sites is 2. The van der Waals surface area contributed by atoms with Crippen LogP contribution >= 0.6 is 0 Å². The van der Waals surface area contributed by atoms with Crippen molar-refractivity contribution in [2.45, 2.75) is 0 Å². The van der Waals surface area contributed by atoms with Crippen LogP contribution in [0.5, 0.6) is 0 Å². The van der Waals surface area contributed by atoms with Gasteiger partial charge >= 0.3 is 0 Å². The van der Waals surface area contributed by atoms with E-state index in [1.807, 2.05) is 52.9 Å². The van der Waals surface area contributed by atoms with Crippen LogP contribution in [0.25, 0.3) is 50.2 Å². The standard InChI is InChI=1S/C29H21N7O/c1-35(20-10-11-23(30-14-20)24-12-18-6-2-4-8-21(18)33-24)29(37)26-17-36-27(15-32-28(36)16-31-26)25-13-19-7-3-5-9-22(19)34-25/h2-17,33-34H,1H3. The molecule has 2 aromatic carbocycles. The quantitative estimate of drug-likeness (QED) is 0.336. The highest BCUT2D eigenvalue weighted by Gasteiger charge is 2.18. The van der Waals surface area contributed by atoms with Crippen molar-refractivity contribution < 1.29 is 4.79 Å². The Morgan fingerprint density at radius 1 is 0.784 bits per heavy atom. The molecule has 8 heteroatoms. The molecule has 2 N–H and O–H groups in total. The van der Waals surface area contributed by atoms with E-state index in [4.69, 9.17) is 0 Å². The lowest BCUT2D eigenvalue weighted by Gasteiger charge is -2.17. The van der Waals surface area contributed by atoms with E-state index in [9.17, 15) is 4.79 Å². The van der Waals surface area contributed by atoms with Gasteiger partial charge in [0.1, 0.15) is 5.69 Å². The van der Waals surface area contributed by atoms with Crippen LogP contribution in [0.2, 0.25) is 0 Å². The Kier molecular flexibility index (Phi) is 4.65. The topological polar surface area (TPSA) is 95.0 Å². The molecule has 7 rings (SSSR count). The number of H-pyrrole nitrogens is 2. The highest BCUT2D eigenvalue weighted by atomic mass is 16.2. The number of pyridine rings is 1. The van der Waals surface area contributed by atoms with Crippen LogP contribution in [-0.2, 0) is 0 Å². The smallest absolute Gasteiger partial charge is 0.278 e. The van der Waals surface area contributed by atoms with Gasteiger partial charge < -0.3 is 14.9 Å². The zero-order valence-electron chi connectivity index (χ0n) is 19.9. The number of imidazole rings is 1. The zero-order chi connectivity index (χ0) is 24.9. The summed E-state index contributed by atoms with van der Waals surface area (Å²) in [6.07, 6.45) is 6.83. The van der Waals surface area contributed by atoms with E-state index in [2.05, 4.69) is 49.2 Å². The van der Waals surface area contributed by atoms with Crippen LogP contribution in [0.3, 0.4) is 0 Å². The summed E-state index contributed by atoms with van der Waals surface area (Å²) in [5.74, 6) is -0.238. The highest BCUT2D eigenvalue weighted by Crippen LogP contribution is 2.26. The molecule has 0 spiro atoms. The fraction of sp³-hybridized carbons (Fsp3) is 0.0345. The van der Waals surface area contributed by atoms with E-state index in [0.29, 0.717) is 17.0 Å². The molecule has 0 saturated carbocycles. The molecule has 37 heavy (non-hydrogen) atoms. The van der Waals surface area contributed by atoms with Crippen LogP contribution in [0.15, 0.2) is 97.6 Å². The summed E-state index contributed by atoms with van der Waals surface area (Å²) in [7, 11) is 1.72. The molecule has 5 aromatic heterocycles. The molecule has 1 amide bonds. The lowest BCUT2D eigenvalue weighted by molar-refractivity contribution is 0.0987. The average molecular weight is 484 g/mol. The highest BCUT2D eigenvalue weighted by molar-refractivity contribution is 6.04. The van der Waals surface area contributed by atoms with Crippen molar-refractivity contribution in [2.75, 3.05) is 11.9 Å². The van der Waals surface area contributed by atoms with Crippen LogP contribution in [0, 0.1) is 0 Å². The van der Waals surface area contributed by atoms with Crippen LogP contribution in [0.1, 0.15) is 10.5 Å². The van der Waals surface area contributed by atoms with Gasteiger partial charge in [-0.25, -0.2) is 9.97 Å². The molecule has 8 nitrogen and oxygen atoms in total. The molecule has 7 aromatic rings. The second-order valence-electron chi connectivity index (χ2n) is 8.95. The first-order valence-electron chi connectivity index (χ1n) is 11.9. The second kappa shape index (κ2) is 8.17. The Bertz CT molecular complexity index is 1860. The number of carbonyl (C=O) groups is 1. The van der Waals surface area contributed by atoms with Gasteiger partial charge in [-0.3, -0.25) is 14.2 Å². The lowest BCUT2D eigenvalue weighted by Crippen LogP contribution is -2.27. The number of nitrogens with zero attached hydrogens (tertiary/aromatic N) is 5. The zero-order valence-corrected chi connectivity index (χ0v) is 19.9. The normalized spacial score (nSPS) is 11.5. The number of anilines is 1. The maximum absolute atomic E-state index is 13.4. The van der Waals surface area contributed by atoms with Gasteiger partial charge in [0.2, 0.25) is 0 Å². The van der Waals surface area contributed by atoms with Crippen LogP contribution in [-0.4, -0.2) is 42.3 Å². The first-order valence-corrected chi connectivity index (χ1v) is 11.9. The molecule has 0 atom stereocenters. The summed E-state index contributed by atoms with van der Waals surface area (Å²) >= 11 is 0. The molecular formula is C29H21N7O. The van der Waals surface area contributed by atoms with Crippen molar-refractivity contribution in [3.63, 3.8) is 0 Å². The van der Waals surface area contributed by atoms with Crippen molar-refractivity contribution in [2.24, 2.45) is 0 Å². The Morgan fingerprint density at radius 2 is 1.49 bits per heavy atom. The minimum Gasteiger partial charge on any atom is -0.353 e. The summed E-state index contributed by atoms with van der Waals surface area (Å²) in [5.41, 5.74) is 7.26. The summed E-state index contributed by atoms with van der Waals surface area (Å²) in [5, 5.41) is 2.24. The molecule has 0 bridgehead atoms. The number of hydrogen-bond acceptors (Lipinski definition) is 4. The van der Waals surface area contributed by atoms with Gasteiger partial charge in [0, 0.05) is 35.1 Å². The van der Waals surface area contributed by atoms with E-state index in [-0.39, 0.29) is 5.91 Å². The van der Waals surface area contributed by atoms with Gasteiger partial charge in [0.15, 0.2) is 5.65 Å². The van der Waals surface area contributed by atoms with E-state index >= 15 is 0 Å². The Labute approximate surface area is 211 Å². The molecule has 5 heterocycles. The van der Waals surface area contributed by atoms with Crippen molar-refractivity contribution in [1.29, 1.82) is 0 Å². The van der Waals surface area contributed by atoms with E-state index < -0.39 is 0 Å². The number of carbonyl (C=O) groups excluding carboxylic acids is 1. The number of fused-ring (bicyclic) bond motifs is 3. The number of rotatable bonds is 4. The van der Waals surface area contributed by atoms with E-state index in [0.717, 1.165) is 44.6 Å². The summed E-state index contributed by atoms with van der Waals surface area (Å²) in [4.78, 5) is 35.2. The SMILES string of the molecule is CN(C(=O)c1cn2c(-c3cc4ccccc4[nH]3)cnc2cn1)c1ccc(-c2cc3ccccc3[nH]2)nc1. The minimum atomic E-state index is -0.238. The number of amides is 1. The third-order valence-electron chi connectivity index (χ3n) is 6.67. The van der Waals surface area contributed by atoms with E-state index in [1.165, 1.54) is 0 Å². The molecule has 0 radical (unpaired) electrons. The maximum atomic E-state index is 13.4. The van der Waals surface area contributed by atoms with E-state index in [1.54, 1.807) is 36.7 Å². The third kappa shape index (κ3) is 3.54. The molecule has 178 valence electrons. The first kappa shape index (κ1) is 21.1.